The first-order chi connectivity index (χ1) is 11.9. The molecule has 2 N–H and O–H groups in total. The van der Waals surface area contributed by atoms with Crippen molar-refractivity contribution in [3.8, 4) is 0 Å². The van der Waals surface area contributed by atoms with E-state index in [0.717, 1.165) is 18.5 Å². The van der Waals surface area contributed by atoms with Crippen molar-refractivity contribution in [1.82, 2.24) is 4.98 Å². The second kappa shape index (κ2) is 5.78. The average Bonchev–Trinajstić information content (AvgIpc) is 2.96. The lowest BCUT2D eigenvalue weighted by molar-refractivity contribution is 0.157. The molecular weight excluding hydrogens is 332 g/mol. The van der Waals surface area contributed by atoms with E-state index in [1.807, 2.05) is 0 Å². The van der Waals surface area contributed by atoms with Crippen LogP contribution in [0.15, 0.2) is 47.5 Å². The summed E-state index contributed by atoms with van der Waals surface area (Å²) in [6, 6.07) is 12.0. The summed E-state index contributed by atoms with van der Waals surface area (Å²) in [6.07, 6.45) is 7.31. The van der Waals surface area contributed by atoms with Crippen LogP contribution < -0.4 is 5.14 Å². The SMILES string of the molecule is Cc1ccc(C2=C(c3ccc(S(N)(=O)=O)cn3)CC3(CCC3)C2)cc1. The van der Waals surface area contributed by atoms with E-state index in [-0.39, 0.29) is 4.90 Å². The average molecular weight is 354 g/mol. The molecule has 0 atom stereocenters. The van der Waals surface area contributed by atoms with E-state index in [2.05, 4.69) is 36.2 Å². The molecular formula is C20H22N2O2S. The zero-order valence-corrected chi connectivity index (χ0v) is 15.1. The highest BCUT2D eigenvalue weighted by atomic mass is 32.2. The second-order valence-corrected chi connectivity index (χ2v) is 9.02. The molecule has 0 amide bonds. The quantitative estimate of drug-likeness (QED) is 0.908. The van der Waals surface area contributed by atoms with Crippen LogP contribution in [-0.2, 0) is 10.0 Å². The highest BCUT2D eigenvalue weighted by molar-refractivity contribution is 7.89. The highest BCUT2D eigenvalue weighted by Gasteiger charge is 2.44. The predicted molar refractivity (Wildman–Crippen MR) is 99.1 cm³/mol. The van der Waals surface area contributed by atoms with E-state index in [4.69, 9.17) is 5.14 Å². The summed E-state index contributed by atoms with van der Waals surface area (Å²) < 4.78 is 22.9. The molecule has 0 bridgehead atoms. The maximum atomic E-state index is 11.5. The fourth-order valence-electron chi connectivity index (χ4n) is 4.06. The van der Waals surface area contributed by atoms with Crippen molar-refractivity contribution >= 4 is 21.2 Å². The van der Waals surface area contributed by atoms with Crippen LogP contribution >= 0.6 is 0 Å². The molecule has 5 heteroatoms. The highest BCUT2D eigenvalue weighted by Crippen LogP contribution is 2.59. The van der Waals surface area contributed by atoms with E-state index in [0.29, 0.717) is 5.41 Å². The van der Waals surface area contributed by atoms with Crippen LogP contribution in [0.3, 0.4) is 0 Å². The van der Waals surface area contributed by atoms with Gasteiger partial charge in [0.2, 0.25) is 10.0 Å². The molecule has 0 saturated heterocycles. The normalized spacial score (nSPS) is 19.3. The standard InChI is InChI=1S/C20H22N2O2S/c1-14-3-5-15(6-4-14)17-11-20(9-2-10-20)12-18(17)19-8-7-16(13-22-19)25(21,23)24/h3-8,13H,2,9-12H2,1H3,(H2,21,23,24). The maximum absolute atomic E-state index is 11.5. The third-order valence-corrected chi connectivity index (χ3v) is 6.55. The van der Waals surface area contributed by atoms with Gasteiger partial charge in [-0.2, -0.15) is 0 Å². The van der Waals surface area contributed by atoms with Crippen molar-refractivity contribution in [3.63, 3.8) is 0 Å². The first kappa shape index (κ1) is 16.5. The van der Waals surface area contributed by atoms with Gasteiger partial charge in [0, 0.05) is 6.20 Å². The van der Waals surface area contributed by atoms with Gasteiger partial charge in [0.25, 0.3) is 0 Å². The molecule has 1 heterocycles. The lowest BCUT2D eigenvalue weighted by atomic mass is 9.66. The molecule has 2 aromatic rings. The van der Waals surface area contributed by atoms with Crippen LogP contribution in [0, 0.1) is 12.3 Å². The van der Waals surface area contributed by atoms with Gasteiger partial charge in [-0.05, 0) is 66.9 Å². The van der Waals surface area contributed by atoms with Gasteiger partial charge in [0.05, 0.1) is 5.69 Å². The molecule has 1 saturated carbocycles. The molecule has 0 aliphatic heterocycles. The summed E-state index contributed by atoms with van der Waals surface area (Å²) in [4.78, 5) is 4.49. The first-order valence-corrected chi connectivity index (χ1v) is 10.2. The molecule has 2 aliphatic carbocycles. The number of nitrogens with two attached hydrogens (primary N) is 1. The smallest absolute Gasteiger partial charge is 0.239 e. The number of hydrogen-bond acceptors (Lipinski definition) is 3. The number of aromatic nitrogens is 1. The Kier molecular flexibility index (Phi) is 3.81. The zero-order chi connectivity index (χ0) is 17.7. The van der Waals surface area contributed by atoms with Gasteiger partial charge in [-0.15, -0.1) is 0 Å². The van der Waals surface area contributed by atoms with Crippen LogP contribution in [0.1, 0.15) is 48.9 Å². The molecule has 1 aromatic heterocycles. The minimum atomic E-state index is -3.71. The van der Waals surface area contributed by atoms with Crippen LogP contribution in [-0.4, -0.2) is 13.4 Å². The first-order valence-electron chi connectivity index (χ1n) is 8.65. The largest absolute Gasteiger partial charge is 0.255 e. The number of primary sulfonamides is 1. The Morgan fingerprint density at radius 3 is 2.20 bits per heavy atom. The number of nitrogens with zero attached hydrogens (tertiary/aromatic N) is 1. The number of aryl methyl sites for hydroxylation is 1. The van der Waals surface area contributed by atoms with Crippen molar-refractivity contribution < 1.29 is 8.42 Å². The molecule has 4 rings (SSSR count). The molecule has 1 fully saturated rings. The lowest BCUT2D eigenvalue weighted by Gasteiger charge is -2.39. The van der Waals surface area contributed by atoms with Crippen LogP contribution in [0.4, 0.5) is 0 Å². The van der Waals surface area contributed by atoms with Crippen molar-refractivity contribution in [1.29, 1.82) is 0 Å². The number of rotatable bonds is 3. The van der Waals surface area contributed by atoms with Gasteiger partial charge >= 0.3 is 0 Å². The summed E-state index contributed by atoms with van der Waals surface area (Å²) in [5.74, 6) is 0. The number of allylic oxidation sites excluding steroid dienone is 2. The van der Waals surface area contributed by atoms with Crippen LogP contribution in [0.25, 0.3) is 11.1 Å². The van der Waals surface area contributed by atoms with Gasteiger partial charge < -0.3 is 0 Å². The fraction of sp³-hybridized carbons (Fsp3) is 0.350. The molecule has 0 unspecified atom stereocenters. The minimum absolute atomic E-state index is 0.0603. The number of sulfonamides is 1. The fourth-order valence-corrected chi connectivity index (χ4v) is 4.52. The summed E-state index contributed by atoms with van der Waals surface area (Å²) in [6.45, 7) is 2.09. The number of benzene rings is 1. The molecule has 1 spiro atoms. The molecule has 0 radical (unpaired) electrons. The van der Waals surface area contributed by atoms with Crippen molar-refractivity contribution in [2.45, 2.75) is 43.9 Å². The van der Waals surface area contributed by atoms with E-state index >= 15 is 0 Å². The maximum Gasteiger partial charge on any atom is 0.239 e. The molecule has 4 nitrogen and oxygen atoms in total. The summed E-state index contributed by atoms with van der Waals surface area (Å²) in [7, 11) is -3.71. The molecule has 2 aliphatic rings. The Hall–Kier alpha value is -1.98. The van der Waals surface area contributed by atoms with Crippen molar-refractivity contribution in [3.05, 3.63) is 59.4 Å². The van der Waals surface area contributed by atoms with Gasteiger partial charge in [0.15, 0.2) is 0 Å². The third-order valence-electron chi connectivity index (χ3n) is 5.66. The van der Waals surface area contributed by atoms with E-state index in [9.17, 15) is 8.42 Å². The van der Waals surface area contributed by atoms with E-state index < -0.39 is 10.0 Å². The van der Waals surface area contributed by atoms with Crippen molar-refractivity contribution in [2.24, 2.45) is 10.6 Å². The van der Waals surface area contributed by atoms with Gasteiger partial charge in [-0.3, -0.25) is 4.98 Å². The zero-order valence-electron chi connectivity index (χ0n) is 14.3. The molecule has 25 heavy (non-hydrogen) atoms. The third kappa shape index (κ3) is 3.02. The van der Waals surface area contributed by atoms with Crippen LogP contribution in [0.2, 0.25) is 0 Å². The van der Waals surface area contributed by atoms with Gasteiger partial charge in [-0.1, -0.05) is 36.2 Å². The van der Waals surface area contributed by atoms with Crippen molar-refractivity contribution in [2.75, 3.05) is 0 Å². The Balaban J connectivity index is 1.77. The second-order valence-electron chi connectivity index (χ2n) is 7.45. The van der Waals surface area contributed by atoms with Gasteiger partial charge in [-0.25, -0.2) is 13.6 Å². The Bertz CT molecular complexity index is 938. The number of hydrogen-bond donors (Lipinski definition) is 1. The minimum Gasteiger partial charge on any atom is -0.255 e. The predicted octanol–water partition coefficient (Wildman–Crippen LogP) is 3.91. The monoisotopic (exact) mass is 354 g/mol. The molecule has 1 aromatic carbocycles. The van der Waals surface area contributed by atoms with E-state index in [1.54, 1.807) is 12.1 Å². The summed E-state index contributed by atoms with van der Waals surface area (Å²) >= 11 is 0. The summed E-state index contributed by atoms with van der Waals surface area (Å²) in [5, 5.41) is 5.19. The van der Waals surface area contributed by atoms with Crippen LogP contribution in [0.5, 0.6) is 0 Å². The Morgan fingerprint density at radius 1 is 1.00 bits per heavy atom. The number of pyridine rings is 1. The lowest BCUT2D eigenvalue weighted by Crippen LogP contribution is -2.26. The molecule has 130 valence electrons. The van der Waals surface area contributed by atoms with Gasteiger partial charge in [0.1, 0.15) is 4.90 Å². The Labute approximate surface area is 148 Å². The Morgan fingerprint density at radius 2 is 1.68 bits per heavy atom. The summed E-state index contributed by atoms with van der Waals surface area (Å²) in [5.41, 5.74) is 6.36. The van der Waals surface area contributed by atoms with E-state index in [1.165, 1.54) is 47.7 Å². The topological polar surface area (TPSA) is 73.1 Å².